The van der Waals surface area contributed by atoms with Gasteiger partial charge in [-0.1, -0.05) is 17.7 Å². The summed E-state index contributed by atoms with van der Waals surface area (Å²) < 4.78 is 0. The van der Waals surface area contributed by atoms with Gasteiger partial charge in [0, 0.05) is 28.1 Å². The average molecular weight is 212 g/mol. The Hall–Kier alpha value is -0.600. The van der Waals surface area contributed by atoms with Crippen LogP contribution in [0.15, 0.2) is 23.3 Å². The Balaban J connectivity index is 2.25. The zero-order valence-electron chi connectivity index (χ0n) is 7.33. The van der Waals surface area contributed by atoms with E-state index in [1.54, 1.807) is 11.3 Å². The first-order valence-corrected chi connectivity index (χ1v) is 5.41. The molecule has 2 heterocycles. The Bertz CT molecular complexity index is 346. The maximum absolute atomic E-state index is 6.00. The molecule has 2 rings (SSSR count). The molecule has 68 valence electrons. The number of allylic oxidation sites excluding steroid dienone is 1. The number of aliphatic imine (C=N–C) groups is 1. The minimum absolute atomic E-state index is 0.480. The van der Waals surface area contributed by atoms with Crippen LogP contribution in [0, 0.1) is 6.92 Å². The summed E-state index contributed by atoms with van der Waals surface area (Å²) in [7, 11) is 0. The molecule has 0 radical (unpaired) electrons. The first-order chi connectivity index (χ1) is 6.27. The molecule has 0 aliphatic carbocycles. The second-order valence-electron chi connectivity index (χ2n) is 3.07. The first kappa shape index (κ1) is 8.97. The predicted octanol–water partition coefficient (Wildman–Crippen LogP) is 3.78. The number of halogens is 1. The van der Waals surface area contributed by atoms with Gasteiger partial charge in [0.05, 0.1) is 5.02 Å². The van der Waals surface area contributed by atoms with Crippen molar-refractivity contribution in [1.82, 2.24) is 0 Å². The fraction of sp³-hybridized carbons (Fsp3) is 0.300. The highest BCUT2D eigenvalue weighted by Gasteiger charge is 2.12. The van der Waals surface area contributed by atoms with Gasteiger partial charge >= 0.3 is 0 Å². The molecule has 0 bridgehead atoms. The molecule has 0 saturated carbocycles. The van der Waals surface area contributed by atoms with Crippen LogP contribution < -0.4 is 0 Å². The summed E-state index contributed by atoms with van der Waals surface area (Å²) in [6.07, 6.45) is 6.93. The van der Waals surface area contributed by atoms with Crippen LogP contribution in [0.1, 0.15) is 22.1 Å². The molecule has 13 heavy (non-hydrogen) atoms. The highest BCUT2D eigenvalue weighted by atomic mass is 35.5. The van der Waals surface area contributed by atoms with E-state index >= 15 is 0 Å². The zero-order valence-corrected chi connectivity index (χ0v) is 8.90. The number of thiophene rings is 1. The molecule has 0 aromatic carbocycles. The SMILES string of the molecule is Cc1sc(C2C=CN=CC2)cc1Cl. The topological polar surface area (TPSA) is 12.4 Å². The van der Waals surface area contributed by atoms with Crippen molar-refractivity contribution in [1.29, 1.82) is 0 Å². The third-order valence-electron chi connectivity index (χ3n) is 2.11. The summed E-state index contributed by atoms with van der Waals surface area (Å²) in [5, 5.41) is 0.885. The van der Waals surface area contributed by atoms with Gasteiger partial charge in [-0.15, -0.1) is 11.3 Å². The molecule has 1 nitrogen and oxygen atoms in total. The first-order valence-electron chi connectivity index (χ1n) is 4.21. The lowest BCUT2D eigenvalue weighted by atomic mass is 10.0. The van der Waals surface area contributed by atoms with Crippen molar-refractivity contribution in [3.8, 4) is 0 Å². The molecule has 0 amide bonds. The highest BCUT2D eigenvalue weighted by Crippen LogP contribution is 2.33. The summed E-state index contributed by atoms with van der Waals surface area (Å²) in [6, 6.07) is 2.07. The fourth-order valence-corrected chi connectivity index (χ4v) is 2.65. The smallest absolute Gasteiger partial charge is 0.0545 e. The second kappa shape index (κ2) is 3.64. The van der Waals surface area contributed by atoms with Crippen molar-refractivity contribution in [3.05, 3.63) is 33.1 Å². The van der Waals surface area contributed by atoms with Gasteiger partial charge in [0.1, 0.15) is 0 Å². The van der Waals surface area contributed by atoms with E-state index in [9.17, 15) is 0 Å². The zero-order chi connectivity index (χ0) is 9.26. The lowest BCUT2D eigenvalue weighted by molar-refractivity contribution is 0.909. The molecule has 0 saturated heterocycles. The molecule has 1 aliphatic rings. The molecule has 0 spiro atoms. The van der Waals surface area contributed by atoms with Crippen LogP contribution in [0.3, 0.4) is 0 Å². The number of hydrogen-bond acceptors (Lipinski definition) is 2. The molecular formula is C10H10ClNS. The van der Waals surface area contributed by atoms with Crippen LogP contribution in [0.5, 0.6) is 0 Å². The molecule has 1 aromatic heterocycles. The summed E-state index contributed by atoms with van der Waals surface area (Å²) in [5.41, 5.74) is 0. The Morgan fingerprint density at radius 3 is 3.00 bits per heavy atom. The molecule has 1 unspecified atom stereocenters. The maximum Gasteiger partial charge on any atom is 0.0545 e. The quantitative estimate of drug-likeness (QED) is 0.671. The third kappa shape index (κ3) is 1.84. The van der Waals surface area contributed by atoms with Crippen LogP contribution >= 0.6 is 22.9 Å². The maximum atomic E-state index is 6.00. The Morgan fingerprint density at radius 2 is 2.46 bits per heavy atom. The number of nitrogens with zero attached hydrogens (tertiary/aromatic N) is 1. The van der Waals surface area contributed by atoms with Crippen molar-refractivity contribution in [3.63, 3.8) is 0 Å². The molecule has 0 fully saturated rings. The van der Waals surface area contributed by atoms with Crippen LogP contribution in [0.25, 0.3) is 0 Å². The van der Waals surface area contributed by atoms with Crippen LogP contribution in [-0.4, -0.2) is 6.21 Å². The van der Waals surface area contributed by atoms with Crippen molar-refractivity contribution >= 4 is 29.2 Å². The monoisotopic (exact) mass is 211 g/mol. The average Bonchev–Trinajstić information content (AvgIpc) is 2.49. The van der Waals surface area contributed by atoms with Gasteiger partial charge in [0.15, 0.2) is 0 Å². The molecule has 1 aromatic rings. The van der Waals surface area contributed by atoms with Gasteiger partial charge in [-0.3, -0.25) is 4.99 Å². The van der Waals surface area contributed by atoms with Crippen molar-refractivity contribution in [2.45, 2.75) is 19.3 Å². The summed E-state index contributed by atoms with van der Waals surface area (Å²) in [5.74, 6) is 0.480. The molecular weight excluding hydrogens is 202 g/mol. The van der Waals surface area contributed by atoms with E-state index in [-0.39, 0.29) is 0 Å². The van der Waals surface area contributed by atoms with E-state index in [4.69, 9.17) is 11.6 Å². The van der Waals surface area contributed by atoms with Gasteiger partial charge in [-0.25, -0.2) is 0 Å². The van der Waals surface area contributed by atoms with Gasteiger partial charge in [0.2, 0.25) is 0 Å². The van der Waals surface area contributed by atoms with Gasteiger partial charge in [0.25, 0.3) is 0 Å². The second-order valence-corrected chi connectivity index (χ2v) is 4.76. The molecule has 3 heteroatoms. The van der Waals surface area contributed by atoms with E-state index in [1.807, 2.05) is 12.4 Å². The Labute approximate surface area is 86.8 Å². The lowest BCUT2D eigenvalue weighted by Crippen LogP contribution is -1.95. The fourth-order valence-electron chi connectivity index (χ4n) is 1.34. The van der Waals surface area contributed by atoms with E-state index in [0.717, 1.165) is 11.4 Å². The van der Waals surface area contributed by atoms with Crippen LogP contribution in [0.2, 0.25) is 5.02 Å². The van der Waals surface area contributed by atoms with Crippen LogP contribution in [0.4, 0.5) is 0 Å². The third-order valence-corrected chi connectivity index (χ3v) is 3.80. The standard InChI is InChI=1S/C10H10ClNS/c1-7-9(11)6-10(13-7)8-2-4-12-5-3-8/h2,4-6,8H,3H2,1H3. The minimum atomic E-state index is 0.480. The number of rotatable bonds is 1. The number of hydrogen-bond donors (Lipinski definition) is 0. The normalized spacial score (nSPS) is 20.9. The van der Waals surface area contributed by atoms with Crippen molar-refractivity contribution in [2.75, 3.05) is 0 Å². The van der Waals surface area contributed by atoms with Gasteiger partial charge < -0.3 is 0 Å². The summed E-state index contributed by atoms with van der Waals surface area (Å²) >= 11 is 7.78. The van der Waals surface area contributed by atoms with E-state index < -0.39 is 0 Å². The predicted molar refractivity (Wildman–Crippen MR) is 59.1 cm³/mol. The van der Waals surface area contributed by atoms with E-state index in [2.05, 4.69) is 24.1 Å². The van der Waals surface area contributed by atoms with Crippen molar-refractivity contribution in [2.24, 2.45) is 4.99 Å². The van der Waals surface area contributed by atoms with Crippen LogP contribution in [-0.2, 0) is 0 Å². The Morgan fingerprint density at radius 1 is 1.62 bits per heavy atom. The lowest BCUT2D eigenvalue weighted by Gasteiger charge is -2.08. The number of aryl methyl sites for hydroxylation is 1. The minimum Gasteiger partial charge on any atom is -0.269 e. The summed E-state index contributed by atoms with van der Waals surface area (Å²) in [6.45, 7) is 2.05. The Kier molecular flexibility index (Phi) is 2.51. The molecule has 1 atom stereocenters. The van der Waals surface area contributed by atoms with E-state index in [0.29, 0.717) is 5.92 Å². The largest absolute Gasteiger partial charge is 0.269 e. The van der Waals surface area contributed by atoms with E-state index in [1.165, 1.54) is 9.75 Å². The van der Waals surface area contributed by atoms with Gasteiger partial charge in [-0.2, -0.15) is 0 Å². The highest BCUT2D eigenvalue weighted by molar-refractivity contribution is 7.12. The molecule has 0 N–H and O–H groups in total. The summed E-state index contributed by atoms with van der Waals surface area (Å²) in [4.78, 5) is 6.59. The van der Waals surface area contributed by atoms with Crippen molar-refractivity contribution < 1.29 is 0 Å². The van der Waals surface area contributed by atoms with Gasteiger partial charge in [-0.05, 0) is 19.4 Å². The molecule has 1 aliphatic heterocycles.